The Morgan fingerprint density at radius 3 is 2.72 bits per heavy atom. The van der Waals surface area contributed by atoms with Crippen LogP contribution in [-0.4, -0.2) is 42.9 Å². The molecular formula is C23H25N3O3. The third-order valence-electron chi connectivity index (χ3n) is 5.49. The van der Waals surface area contributed by atoms with Gasteiger partial charge in [0.05, 0.1) is 5.57 Å². The Morgan fingerprint density at radius 1 is 1.14 bits per heavy atom. The van der Waals surface area contributed by atoms with Gasteiger partial charge in [-0.1, -0.05) is 38.1 Å². The van der Waals surface area contributed by atoms with Crippen LogP contribution in [0.4, 0.5) is 5.69 Å². The van der Waals surface area contributed by atoms with Gasteiger partial charge in [0.2, 0.25) is 0 Å². The molecule has 4 rings (SSSR count). The summed E-state index contributed by atoms with van der Waals surface area (Å²) in [6.45, 7) is 7.96. The van der Waals surface area contributed by atoms with E-state index in [9.17, 15) is 9.59 Å². The Labute approximate surface area is 170 Å². The van der Waals surface area contributed by atoms with Gasteiger partial charge >= 0.3 is 0 Å². The molecule has 2 aliphatic rings. The van der Waals surface area contributed by atoms with Crippen LogP contribution in [0.1, 0.15) is 40.9 Å². The summed E-state index contributed by atoms with van der Waals surface area (Å²) < 4.78 is 5.89. The predicted molar refractivity (Wildman–Crippen MR) is 113 cm³/mol. The number of benzene rings is 2. The summed E-state index contributed by atoms with van der Waals surface area (Å²) in [7, 11) is 0. The fraction of sp³-hybridized carbons (Fsp3) is 0.304. The molecule has 0 fully saturated rings. The number of hydrogen-bond acceptors (Lipinski definition) is 4. The number of nitrogens with one attached hydrogen (secondary N) is 2. The molecule has 0 aromatic heterocycles. The van der Waals surface area contributed by atoms with Crippen molar-refractivity contribution in [3.05, 3.63) is 64.7 Å². The molecule has 0 radical (unpaired) electrons. The van der Waals surface area contributed by atoms with Gasteiger partial charge in [0.1, 0.15) is 12.4 Å². The first-order valence-corrected chi connectivity index (χ1v) is 10.0. The van der Waals surface area contributed by atoms with E-state index in [1.54, 1.807) is 6.07 Å². The molecule has 0 unspecified atom stereocenters. The van der Waals surface area contributed by atoms with Crippen molar-refractivity contribution in [2.75, 3.05) is 31.5 Å². The smallest absolute Gasteiger partial charge is 0.260 e. The first-order chi connectivity index (χ1) is 14.1. The summed E-state index contributed by atoms with van der Waals surface area (Å²) in [5.41, 5.74) is 4.58. The van der Waals surface area contributed by atoms with E-state index >= 15 is 0 Å². The number of hydrogen-bond donors (Lipinski definition) is 2. The zero-order chi connectivity index (χ0) is 20.4. The second kappa shape index (κ2) is 8.09. The van der Waals surface area contributed by atoms with Crippen molar-refractivity contribution < 1.29 is 14.3 Å². The fourth-order valence-corrected chi connectivity index (χ4v) is 3.82. The van der Waals surface area contributed by atoms with Crippen LogP contribution in [0.15, 0.2) is 42.5 Å². The topological polar surface area (TPSA) is 70.7 Å². The van der Waals surface area contributed by atoms with Crippen molar-refractivity contribution in [1.29, 1.82) is 0 Å². The molecule has 0 saturated heterocycles. The average molecular weight is 391 g/mol. The Hall–Kier alpha value is -3.12. The number of carbonyl (C=O) groups excluding carboxylic acids is 2. The van der Waals surface area contributed by atoms with Gasteiger partial charge in [-0.25, -0.2) is 0 Å². The summed E-state index contributed by atoms with van der Waals surface area (Å²) in [5, 5.41) is 5.86. The Morgan fingerprint density at radius 2 is 1.93 bits per heavy atom. The second-order valence-electron chi connectivity index (χ2n) is 7.15. The second-order valence-corrected chi connectivity index (χ2v) is 7.15. The number of nitrogens with zero attached hydrogens (tertiary/aromatic N) is 1. The minimum atomic E-state index is -0.160. The predicted octanol–water partition coefficient (Wildman–Crippen LogP) is 3.11. The highest BCUT2D eigenvalue weighted by Gasteiger charge is 2.32. The van der Waals surface area contributed by atoms with E-state index in [0.717, 1.165) is 42.0 Å². The lowest BCUT2D eigenvalue weighted by molar-refractivity contribution is -0.110. The number of anilines is 1. The normalized spacial score (nSPS) is 17.0. The van der Waals surface area contributed by atoms with Crippen LogP contribution in [0.3, 0.4) is 0 Å². The third kappa shape index (κ3) is 3.63. The minimum absolute atomic E-state index is 0.0926. The van der Waals surface area contributed by atoms with Gasteiger partial charge in [-0.2, -0.15) is 0 Å². The summed E-state index contributed by atoms with van der Waals surface area (Å²) in [4.78, 5) is 27.3. The van der Waals surface area contributed by atoms with Gasteiger partial charge in [-0.05, 0) is 31.3 Å². The monoisotopic (exact) mass is 391 g/mol. The molecule has 0 aliphatic carbocycles. The van der Waals surface area contributed by atoms with Crippen molar-refractivity contribution in [2.45, 2.75) is 20.5 Å². The highest BCUT2D eigenvalue weighted by molar-refractivity contribution is 6.36. The fourth-order valence-electron chi connectivity index (χ4n) is 3.82. The first-order valence-electron chi connectivity index (χ1n) is 10.0. The van der Waals surface area contributed by atoms with Gasteiger partial charge in [0.15, 0.2) is 0 Å². The molecule has 2 amide bonds. The third-order valence-corrected chi connectivity index (χ3v) is 5.49. The molecule has 6 nitrogen and oxygen atoms in total. The zero-order valence-corrected chi connectivity index (χ0v) is 16.7. The molecule has 0 bridgehead atoms. The largest absolute Gasteiger partial charge is 0.487 e. The molecule has 0 saturated carbocycles. The van der Waals surface area contributed by atoms with Crippen LogP contribution in [0.5, 0.6) is 0 Å². The summed E-state index contributed by atoms with van der Waals surface area (Å²) in [5.74, 6) is 0.327. The number of likely N-dealkylation sites (N-methyl/N-ethyl adjacent to an activating group) is 1. The number of para-hydroxylation sites is 1. The van der Waals surface area contributed by atoms with Crippen molar-refractivity contribution >= 4 is 28.8 Å². The summed E-state index contributed by atoms with van der Waals surface area (Å²) in [6, 6.07) is 13.1. The quantitative estimate of drug-likeness (QED) is 0.743. The lowest BCUT2D eigenvalue weighted by atomic mass is 9.99. The van der Waals surface area contributed by atoms with Gasteiger partial charge < -0.3 is 20.3 Å². The van der Waals surface area contributed by atoms with Crippen LogP contribution in [0, 0.1) is 0 Å². The van der Waals surface area contributed by atoms with Crippen LogP contribution >= 0.6 is 0 Å². The molecule has 0 spiro atoms. The lowest BCUT2D eigenvalue weighted by Crippen LogP contribution is -2.34. The Bertz CT molecular complexity index is 993. The highest BCUT2D eigenvalue weighted by Crippen LogP contribution is 2.41. The summed E-state index contributed by atoms with van der Waals surface area (Å²) >= 11 is 0. The molecule has 0 atom stereocenters. The van der Waals surface area contributed by atoms with Gasteiger partial charge in [-0.15, -0.1) is 0 Å². The van der Waals surface area contributed by atoms with E-state index in [2.05, 4.69) is 29.4 Å². The lowest BCUT2D eigenvalue weighted by Gasteiger charge is -2.18. The van der Waals surface area contributed by atoms with Gasteiger partial charge in [0, 0.05) is 41.0 Å². The molecular weight excluding hydrogens is 366 g/mol. The maximum Gasteiger partial charge on any atom is 0.260 e. The van der Waals surface area contributed by atoms with E-state index in [1.165, 1.54) is 0 Å². The number of carbonyl (C=O) groups is 2. The maximum atomic E-state index is 12.5. The van der Waals surface area contributed by atoms with Crippen molar-refractivity contribution in [3.8, 4) is 0 Å². The minimum Gasteiger partial charge on any atom is -0.487 e. The highest BCUT2D eigenvalue weighted by atomic mass is 16.5. The van der Waals surface area contributed by atoms with Crippen molar-refractivity contribution in [3.63, 3.8) is 0 Å². The molecule has 2 aromatic carbocycles. The van der Waals surface area contributed by atoms with Crippen molar-refractivity contribution in [1.82, 2.24) is 10.2 Å². The van der Waals surface area contributed by atoms with Crippen molar-refractivity contribution in [2.24, 2.45) is 0 Å². The number of fused-ring (bicyclic) bond motifs is 2. The van der Waals surface area contributed by atoms with E-state index < -0.39 is 0 Å². The molecule has 2 heterocycles. The maximum absolute atomic E-state index is 12.5. The molecule has 6 heteroatoms. The van der Waals surface area contributed by atoms with Crippen LogP contribution in [-0.2, 0) is 16.1 Å². The van der Waals surface area contributed by atoms with E-state index in [-0.39, 0.29) is 11.8 Å². The molecule has 150 valence electrons. The molecule has 29 heavy (non-hydrogen) atoms. The Kier molecular flexibility index (Phi) is 5.36. The summed E-state index contributed by atoms with van der Waals surface area (Å²) in [6.07, 6.45) is 0. The molecule has 2 aliphatic heterocycles. The SMILES string of the molecule is CCN(CC)CCNC(=O)c1ccc2c(c1)CO/C2=C1/C(=O)Nc2ccccc21. The van der Waals surface area contributed by atoms with Gasteiger partial charge in [0.25, 0.3) is 11.8 Å². The van der Waals surface area contributed by atoms with Gasteiger partial charge in [-0.3, -0.25) is 9.59 Å². The number of ether oxygens (including phenoxy) is 1. The Balaban J connectivity index is 1.54. The molecule has 2 aromatic rings. The van der Waals surface area contributed by atoms with Crippen LogP contribution in [0.25, 0.3) is 11.3 Å². The molecule has 2 N–H and O–H groups in total. The standard InChI is InChI=1S/C23H25N3O3/c1-3-26(4-2)12-11-24-22(27)15-9-10-17-16(13-15)14-29-21(17)20-18-7-5-6-8-19(18)25-23(20)28/h5-10,13H,3-4,11-12,14H2,1-2H3,(H,24,27)(H,25,28)/b21-20+. The van der Waals surface area contributed by atoms with E-state index in [1.807, 2.05) is 36.4 Å². The van der Waals surface area contributed by atoms with E-state index in [4.69, 9.17) is 4.74 Å². The first kappa shape index (κ1) is 19.2. The van der Waals surface area contributed by atoms with Crippen LogP contribution < -0.4 is 10.6 Å². The number of rotatable bonds is 6. The van der Waals surface area contributed by atoms with Crippen LogP contribution in [0.2, 0.25) is 0 Å². The van der Waals surface area contributed by atoms with E-state index in [0.29, 0.717) is 30.0 Å². The average Bonchev–Trinajstić information content (AvgIpc) is 3.30. The zero-order valence-electron chi connectivity index (χ0n) is 16.7. The number of amides is 2.